The summed E-state index contributed by atoms with van der Waals surface area (Å²) in [5.74, 6) is 1.01. The van der Waals surface area contributed by atoms with Crippen molar-refractivity contribution in [1.82, 2.24) is 4.98 Å². The molecule has 1 aliphatic rings. The van der Waals surface area contributed by atoms with E-state index in [1.54, 1.807) is 0 Å². The van der Waals surface area contributed by atoms with Gasteiger partial charge in [-0.1, -0.05) is 0 Å². The molecule has 0 amide bonds. The van der Waals surface area contributed by atoms with Crippen LogP contribution in [0.2, 0.25) is 0 Å². The normalized spacial score (nSPS) is 21.2. The van der Waals surface area contributed by atoms with Crippen molar-refractivity contribution in [3.8, 4) is 0 Å². The maximum absolute atomic E-state index is 5.82. The highest BCUT2D eigenvalue weighted by molar-refractivity contribution is 9.11. The molecule has 1 unspecified atom stereocenters. The third-order valence-electron chi connectivity index (χ3n) is 2.96. The first-order valence-electron chi connectivity index (χ1n) is 5.50. The molecule has 1 atom stereocenters. The van der Waals surface area contributed by atoms with Crippen LogP contribution < -0.4 is 10.6 Å². The van der Waals surface area contributed by atoms with Crippen molar-refractivity contribution < 1.29 is 0 Å². The van der Waals surface area contributed by atoms with Gasteiger partial charge in [-0.25, -0.2) is 4.98 Å². The van der Waals surface area contributed by atoms with Crippen LogP contribution in [0.15, 0.2) is 21.2 Å². The molecule has 5 heteroatoms. The van der Waals surface area contributed by atoms with E-state index < -0.39 is 0 Å². The Kier molecular flexibility index (Phi) is 4.21. The van der Waals surface area contributed by atoms with Gasteiger partial charge in [0, 0.05) is 29.8 Å². The van der Waals surface area contributed by atoms with E-state index in [1.165, 1.54) is 19.3 Å². The number of piperidine rings is 1. The van der Waals surface area contributed by atoms with E-state index in [4.69, 9.17) is 5.73 Å². The van der Waals surface area contributed by atoms with E-state index in [2.05, 4.69) is 41.7 Å². The molecule has 0 aromatic carbocycles. The lowest BCUT2D eigenvalue weighted by molar-refractivity contribution is 0.461. The standard InChI is InChI=1S/C11H15Br2N3/c12-8-5-10(13)11(15-7-8)16-4-2-1-3-9(16)6-14/h5,7,9H,1-4,6,14H2. The predicted molar refractivity (Wildman–Crippen MR) is 73.7 cm³/mol. The summed E-state index contributed by atoms with van der Waals surface area (Å²) in [5.41, 5.74) is 5.82. The first-order chi connectivity index (χ1) is 7.72. The molecule has 0 aliphatic carbocycles. The SMILES string of the molecule is NCC1CCCCN1c1ncc(Br)cc1Br. The second-order valence-corrected chi connectivity index (χ2v) is 5.81. The van der Waals surface area contributed by atoms with Crippen LogP contribution in [0.5, 0.6) is 0 Å². The Morgan fingerprint density at radius 2 is 2.25 bits per heavy atom. The summed E-state index contributed by atoms with van der Waals surface area (Å²) in [6, 6.07) is 2.46. The van der Waals surface area contributed by atoms with Gasteiger partial charge >= 0.3 is 0 Å². The third-order valence-corrected chi connectivity index (χ3v) is 3.98. The molecule has 2 heterocycles. The van der Waals surface area contributed by atoms with E-state index in [9.17, 15) is 0 Å². The lowest BCUT2D eigenvalue weighted by atomic mass is 10.0. The van der Waals surface area contributed by atoms with Gasteiger partial charge in [-0.3, -0.25) is 0 Å². The molecule has 1 aliphatic heterocycles. The quantitative estimate of drug-likeness (QED) is 0.893. The van der Waals surface area contributed by atoms with Gasteiger partial charge in [0.15, 0.2) is 0 Å². The fraction of sp³-hybridized carbons (Fsp3) is 0.545. The summed E-state index contributed by atoms with van der Waals surface area (Å²) in [6.45, 7) is 1.75. The Labute approximate surface area is 113 Å². The number of anilines is 1. The van der Waals surface area contributed by atoms with E-state index in [-0.39, 0.29) is 0 Å². The maximum atomic E-state index is 5.82. The van der Waals surface area contributed by atoms with Crippen molar-refractivity contribution >= 4 is 37.7 Å². The van der Waals surface area contributed by atoms with Crippen molar-refractivity contribution in [2.24, 2.45) is 5.73 Å². The van der Waals surface area contributed by atoms with Gasteiger partial charge in [0.2, 0.25) is 0 Å². The largest absolute Gasteiger partial charge is 0.351 e. The van der Waals surface area contributed by atoms with Crippen molar-refractivity contribution in [1.29, 1.82) is 0 Å². The van der Waals surface area contributed by atoms with E-state index in [0.29, 0.717) is 12.6 Å². The minimum Gasteiger partial charge on any atom is -0.351 e. The summed E-state index contributed by atoms with van der Waals surface area (Å²) in [6.07, 6.45) is 5.50. The van der Waals surface area contributed by atoms with Crippen LogP contribution in [0, 0.1) is 0 Å². The molecule has 2 rings (SSSR count). The number of nitrogens with zero attached hydrogens (tertiary/aromatic N) is 2. The van der Waals surface area contributed by atoms with Crippen molar-refractivity contribution in [3.05, 3.63) is 21.2 Å². The zero-order valence-corrected chi connectivity index (χ0v) is 12.2. The van der Waals surface area contributed by atoms with Crippen LogP contribution in [0.3, 0.4) is 0 Å². The van der Waals surface area contributed by atoms with Crippen LogP contribution in [0.1, 0.15) is 19.3 Å². The van der Waals surface area contributed by atoms with Gasteiger partial charge in [-0.15, -0.1) is 0 Å². The number of hydrogen-bond donors (Lipinski definition) is 1. The molecule has 0 bridgehead atoms. The predicted octanol–water partition coefficient (Wildman–Crippen LogP) is 2.92. The topological polar surface area (TPSA) is 42.1 Å². The molecule has 1 fully saturated rings. The molecule has 88 valence electrons. The second-order valence-electron chi connectivity index (χ2n) is 4.04. The summed E-state index contributed by atoms with van der Waals surface area (Å²) in [7, 11) is 0. The number of aromatic nitrogens is 1. The van der Waals surface area contributed by atoms with Gasteiger partial charge in [0.25, 0.3) is 0 Å². The Balaban J connectivity index is 2.27. The fourth-order valence-corrected chi connectivity index (χ4v) is 3.36. The smallest absolute Gasteiger partial charge is 0.143 e. The first kappa shape index (κ1) is 12.3. The maximum Gasteiger partial charge on any atom is 0.143 e. The van der Waals surface area contributed by atoms with Crippen LogP contribution >= 0.6 is 31.9 Å². The Morgan fingerprint density at radius 3 is 2.94 bits per heavy atom. The van der Waals surface area contributed by atoms with E-state index in [1.807, 2.05) is 12.3 Å². The average Bonchev–Trinajstić information content (AvgIpc) is 2.29. The van der Waals surface area contributed by atoms with Crippen LogP contribution in [-0.4, -0.2) is 24.1 Å². The Bertz CT molecular complexity index is 370. The van der Waals surface area contributed by atoms with Gasteiger partial charge < -0.3 is 10.6 Å². The summed E-state index contributed by atoms with van der Waals surface area (Å²) in [5, 5.41) is 0. The minimum atomic E-state index is 0.429. The number of halogens is 2. The van der Waals surface area contributed by atoms with E-state index in [0.717, 1.165) is 21.3 Å². The van der Waals surface area contributed by atoms with E-state index >= 15 is 0 Å². The minimum absolute atomic E-state index is 0.429. The molecule has 1 saturated heterocycles. The second kappa shape index (κ2) is 5.47. The first-order valence-corrected chi connectivity index (χ1v) is 7.08. The molecular formula is C11H15Br2N3. The summed E-state index contributed by atoms with van der Waals surface area (Å²) in [4.78, 5) is 6.80. The van der Waals surface area contributed by atoms with Crippen LogP contribution in [-0.2, 0) is 0 Å². The number of nitrogens with two attached hydrogens (primary N) is 1. The molecular weight excluding hydrogens is 334 g/mol. The Hall–Kier alpha value is -0.130. The van der Waals surface area contributed by atoms with Crippen molar-refractivity contribution in [3.63, 3.8) is 0 Å². The van der Waals surface area contributed by atoms with Crippen LogP contribution in [0.25, 0.3) is 0 Å². The number of hydrogen-bond acceptors (Lipinski definition) is 3. The number of pyridine rings is 1. The summed E-state index contributed by atoms with van der Waals surface area (Å²) < 4.78 is 2.02. The highest BCUT2D eigenvalue weighted by atomic mass is 79.9. The average molecular weight is 349 g/mol. The van der Waals surface area contributed by atoms with Gasteiger partial charge in [-0.05, 0) is 57.2 Å². The fourth-order valence-electron chi connectivity index (χ4n) is 2.14. The molecule has 1 aromatic heterocycles. The lowest BCUT2D eigenvalue weighted by Gasteiger charge is -2.36. The van der Waals surface area contributed by atoms with Crippen molar-refractivity contribution in [2.45, 2.75) is 25.3 Å². The Morgan fingerprint density at radius 1 is 1.44 bits per heavy atom. The number of rotatable bonds is 2. The van der Waals surface area contributed by atoms with Gasteiger partial charge in [0.1, 0.15) is 5.82 Å². The summed E-state index contributed by atoms with van der Waals surface area (Å²) >= 11 is 6.98. The van der Waals surface area contributed by atoms with Crippen molar-refractivity contribution in [2.75, 3.05) is 18.0 Å². The molecule has 0 saturated carbocycles. The zero-order valence-electron chi connectivity index (χ0n) is 9.00. The molecule has 16 heavy (non-hydrogen) atoms. The molecule has 1 aromatic rings. The van der Waals surface area contributed by atoms with Crippen LogP contribution in [0.4, 0.5) is 5.82 Å². The van der Waals surface area contributed by atoms with Gasteiger partial charge in [-0.2, -0.15) is 0 Å². The molecule has 0 radical (unpaired) electrons. The third kappa shape index (κ3) is 2.57. The monoisotopic (exact) mass is 347 g/mol. The highest BCUT2D eigenvalue weighted by Crippen LogP contribution is 2.30. The molecule has 3 nitrogen and oxygen atoms in total. The lowest BCUT2D eigenvalue weighted by Crippen LogP contribution is -2.44. The highest BCUT2D eigenvalue weighted by Gasteiger charge is 2.23. The molecule has 0 spiro atoms. The zero-order chi connectivity index (χ0) is 11.5. The van der Waals surface area contributed by atoms with Gasteiger partial charge in [0.05, 0.1) is 4.47 Å². The molecule has 2 N–H and O–H groups in total.